The Hall–Kier alpha value is -2.56. The highest BCUT2D eigenvalue weighted by Gasteiger charge is 2.34. The van der Waals surface area contributed by atoms with E-state index in [1.807, 2.05) is 30.0 Å². The molecule has 0 aliphatic carbocycles. The molecule has 1 saturated heterocycles. The molecule has 1 amide bonds. The minimum Gasteiger partial charge on any atom is -0.486 e. The summed E-state index contributed by atoms with van der Waals surface area (Å²) < 4.78 is 7.51. The summed E-state index contributed by atoms with van der Waals surface area (Å²) in [5, 5.41) is 0. The van der Waals surface area contributed by atoms with E-state index in [2.05, 4.69) is 47.6 Å². The number of benzene rings is 1. The summed E-state index contributed by atoms with van der Waals surface area (Å²) in [5.41, 5.74) is 3.76. The maximum absolute atomic E-state index is 13.2. The monoisotopic (exact) mass is 410 g/mol. The lowest BCUT2D eigenvalue weighted by Crippen LogP contribution is -2.56. The summed E-state index contributed by atoms with van der Waals surface area (Å²) in [5.74, 6) is 0.601. The Kier molecular flexibility index (Phi) is 5.61. The van der Waals surface area contributed by atoms with Gasteiger partial charge in [0.05, 0.1) is 13.1 Å². The van der Waals surface area contributed by atoms with E-state index < -0.39 is 0 Å². The van der Waals surface area contributed by atoms with Crippen LogP contribution < -0.4 is 10.3 Å². The smallest absolute Gasteiger partial charge is 0.254 e. The normalized spacial score (nSPS) is 15.1. The van der Waals surface area contributed by atoms with Crippen LogP contribution in [-0.2, 0) is 17.9 Å². The van der Waals surface area contributed by atoms with Crippen molar-refractivity contribution in [1.82, 2.24) is 9.47 Å². The summed E-state index contributed by atoms with van der Waals surface area (Å²) in [6.07, 6.45) is -0.0895. The van der Waals surface area contributed by atoms with Crippen molar-refractivity contribution in [3.05, 3.63) is 63.1 Å². The minimum absolute atomic E-state index is 0.0335. The molecule has 3 rings (SSSR count). The van der Waals surface area contributed by atoms with Crippen molar-refractivity contribution in [3.8, 4) is 5.75 Å². The highest BCUT2D eigenvalue weighted by atomic mass is 16.5. The first-order valence-electron chi connectivity index (χ1n) is 10.6. The van der Waals surface area contributed by atoms with E-state index in [0.717, 1.165) is 11.3 Å². The molecule has 0 atom stereocenters. The van der Waals surface area contributed by atoms with Gasteiger partial charge in [-0.15, -0.1) is 0 Å². The maximum atomic E-state index is 13.2. The van der Waals surface area contributed by atoms with Crippen molar-refractivity contribution in [3.63, 3.8) is 0 Å². The molecule has 1 aliphatic rings. The van der Waals surface area contributed by atoms with Gasteiger partial charge in [-0.2, -0.15) is 0 Å². The number of amides is 1. The number of carbonyl (C=O) groups excluding carboxylic acids is 1. The van der Waals surface area contributed by atoms with E-state index >= 15 is 0 Å². The second-order valence-corrected chi connectivity index (χ2v) is 10.5. The molecule has 1 aliphatic heterocycles. The van der Waals surface area contributed by atoms with Crippen molar-refractivity contribution in [2.24, 2.45) is 7.05 Å². The van der Waals surface area contributed by atoms with Gasteiger partial charge >= 0.3 is 0 Å². The van der Waals surface area contributed by atoms with Crippen molar-refractivity contribution in [1.29, 1.82) is 0 Å². The van der Waals surface area contributed by atoms with E-state index in [1.54, 1.807) is 11.6 Å². The fourth-order valence-electron chi connectivity index (χ4n) is 3.48. The predicted molar refractivity (Wildman–Crippen MR) is 121 cm³/mol. The lowest BCUT2D eigenvalue weighted by atomic mass is 9.79. The van der Waals surface area contributed by atoms with Crippen LogP contribution in [0.5, 0.6) is 5.75 Å². The van der Waals surface area contributed by atoms with Crippen LogP contribution in [-0.4, -0.2) is 34.6 Å². The minimum atomic E-state index is -0.0917. The third kappa shape index (κ3) is 4.61. The van der Waals surface area contributed by atoms with Crippen molar-refractivity contribution in [2.75, 3.05) is 13.1 Å². The van der Waals surface area contributed by atoms with E-state index in [9.17, 15) is 9.59 Å². The van der Waals surface area contributed by atoms with E-state index in [4.69, 9.17) is 4.74 Å². The number of likely N-dealkylation sites (tertiary alicyclic amines) is 1. The Labute approximate surface area is 179 Å². The number of pyridine rings is 1. The number of carbonyl (C=O) groups is 1. The average molecular weight is 411 g/mol. The first-order valence-corrected chi connectivity index (χ1v) is 10.6. The second kappa shape index (κ2) is 7.60. The van der Waals surface area contributed by atoms with Gasteiger partial charge in [0.25, 0.3) is 11.5 Å². The third-order valence-electron chi connectivity index (χ3n) is 5.83. The van der Waals surface area contributed by atoms with Crippen molar-refractivity contribution >= 4 is 5.91 Å². The Morgan fingerprint density at radius 3 is 1.93 bits per heavy atom. The van der Waals surface area contributed by atoms with E-state index in [0.29, 0.717) is 18.8 Å². The summed E-state index contributed by atoms with van der Waals surface area (Å²) >= 11 is 0. The standard InChI is InChI=1S/C25H34N2O3/c1-16-9-20(13-22(28)26(16)8)30-21-14-27(15-21)23(29)17-10-18(24(2,3)4)12-19(11-17)25(5,6)7/h9-13,21H,14-15H2,1-8H3. The van der Waals surface area contributed by atoms with Crippen LogP contribution in [0.25, 0.3) is 0 Å². The molecular weight excluding hydrogens is 376 g/mol. The zero-order valence-electron chi connectivity index (χ0n) is 19.5. The van der Waals surface area contributed by atoms with Gasteiger partial charge in [-0.1, -0.05) is 47.6 Å². The molecule has 2 aromatic rings. The first kappa shape index (κ1) is 22.1. The maximum Gasteiger partial charge on any atom is 0.254 e. The van der Waals surface area contributed by atoms with Crippen molar-refractivity contribution < 1.29 is 9.53 Å². The molecule has 5 heteroatoms. The SMILES string of the molecule is Cc1cc(OC2CN(C(=O)c3cc(C(C)(C)C)cc(C(C)(C)C)c3)C2)cc(=O)n1C. The fourth-order valence-corrected chi connectivity index (χ4v) is 3.48. The molecular formula is C25H34N2O3. The molecule has 0 bridgehead atoms. The van der Waals surface area contributed by atoms with Gasteiger partial charge < -0.3 is 14.2 Å². The van der Waals surface area contributed by atoms with Crippen LogP contribution in [0.1, 0.15) is 68.7 Å². The Bertz CT molecular complexity index is 984. The van der Waals surface area contributed by atoms with E-state index in [1.165, 1.54) is 17.2 Å². The lowest BCUT2D eigenvalue weighted by molar-refractivity contribution is 0.0176. The number of rotatable bonds is 3. The predicted octanol–water partition coefficient (Wildman–Crippen LogP) is 4.19. The molecule has 5 nitrogen and oxygen atoms in total. The van der Waals surface area contributed by atoms with Gasteiger partial charge in [0.15, 0.2) is 0 Å². The van der Waals surface area contributed by atoms with Gasteiger partial charge in [0.1, 0.15) is 11.9 Å². The number of aryl methyl sites for hydroxylation is 1. The molecule has 1 aromatic carbocycles. The lowest BCUT2D eigenvalue weighted by Gasteiger charge is -2.39. The number of hydrogen-bond acceptors (Lipinski definition) is 3. The Morgan fingerprint density at radius 2 is 1.47 bits per heavy atom. The highest BCUT2D eigenvalue weighted by molar-refractivity contribution is 5.95. The van der Waals surface area contributed by atoms with Gasteiger partial charge in [-0.25, -0.2) is 0 Å². The molecule has 0 unspecified atom stereocenters. The zero-order valence-corrected chi connectivity index (χ0v) is 19.5. The quantitative estimate of drug-likeness (QED) is 0.762. The topological polar surface area (TPSA) is 51.5 Å². The molecule has 0 N–H and O–H groups in total. The summed E-state index contributed by atoms with van der Waals surface area (Å²) in [4.78, 5) is 26.9. The van der Waals surface area contributed by atoms with Crippen LogP contribution in [0.3, 0.4) is 0 Å². The van der Waals surface area contributed by atoms with Crippen molar-refractivity contribution in [2.45, 2.75) is 65.4 Å². The number of hydrogen-bond donors (Lipinski definition) is 0. The van der Waals surface area contributed by atoms with E-state index in [-0.39, 0.29) is 28.4 Å². The molecule has 162 valence electrons. The number of aromatic nitrogens is 1. The molecule has 0 spiro atoms. The summed E-state index contributed by atoms with van der Waals surface area (Å²) in [6, 6.07) is 9.62. The summed E-state index contributed by atoms with van der Waals surface area (Å²) in [7, 11) is 1.74. The third-order valence-corrected chi connectivity index (χ3v) is 5.83. The van der Waals surface area contributed by atoms with Crippen LogP contribution in [0.4, 0.5) is 0 Å². The molecule has 30 heavy (non-hydrogen) atoms. The Morgan fingerprint density at radius 1 is 0.933 bits per heavy atom. The summed E-state index contributed by atoms with van der Waals surface area (Å²) in [6.45, 7) is 15.9. The van der Waals surface area contributed by atoms with Gasteiger partial charge in [-0.05, 0) is 47.1 Å². The van der Waals surface area contributed by atoms with Crippen LogP contribution in [0.15, 0.2) is 35.1 Å². The van der Waals surface area contributed by atoms with Gasteiger partial charge in [0, 0.05) is 24.4 Å². The molecule has 0 saturated carbocycles. The number of nitrogens with zero attached hydrogens (tertiary/aromatic N) is 2. The highest BCUT2D eigenvalue weighted by Crippen LogP contribution is 2.31. The fraction of sp³-hybridized carbons (Fsp3) is 0.520. The van der Waals surface area contributed by atoms with Gasteiger partial charge in [0.2, 0.25) is 0 Å². The molecule has 0 radical (unpaired) electrons. The van der Waals surface area contributed by atoms with Crippen LogP contribution >= 0.6 is 0 Å². The zero-order chi connectivity index (χ0) is 22.4. The molecule has 2 heterocycles. The number of ether oxygens (including phenoxy) is 1. The van der Waals surface area contributed by atoms with Gasteiger partial charge in [-0.3, -0.25) is 9.59 Å². The largest absolute Gasteiger partial charge is 0.486 e. The molecule has 1 fully saturated rings. The Balaban J connectivity index is 1.75. The second-order valence-electron chi connectivity index (χ2n) is 10.5. The first-order chi connectivity index (χ1) is 13.8. The average Bonchev–Trinajstić information content (AvgIpc) is 2.59. The molecule has 1 aromatic heterocycles. The van der Waals surface area contributed by atoms with Crippen LogP contribution in [0.2, 0.25) is 0 Å². The van der Waals surface area contributed by atoms with Crippen LogP contribution in [0, 0.1) is 6.92 Å².